The molecular formula is C21H15Cl2N3O2S. The highest BCUT2D eigenvalue weighted by Gasteiger charge is 2.24. The monoisotopic (exact) mass is 443 g/mol. The van der Waals surface area contributed by atoms with Crippen LogP contribution in [0.2, 0.25) is 10.0 Å². The van der Waals surface area contributed by atoms with E-state index in [4.69, 9.17) is 27.9 Å². The first kappa shape index (κ1) is 19.6. The number of benzene rings is 2. The Morgan fingerprint density at radius 3 is 2.79 bits per heavy atom. The molecule has 0 unspecified atom stereocenters. The van der Waals surface area contributed by atoms with Crippen LogP contribution >= 0.6 is 34.5 Å². The number of carbonyl (C=O) groups is 1. The van der Waals surface area contributed by atoms with Gasteiger partial charge in [0.2, 0.25) is 0 Å². The van der Waals surface area contributed by atoms with Gasteiger partial charge in [-0.2, -0.15) is 0 Å². The smallest absolute Gasteiger partial charge is 0.261 e. The molecule has 5 nitrogen and oxygen atoms in total. The van der Waals surface area contributed by atoms with Gasteiger partial charge in [-0.15, -0.1) is 0 Å². The summed E-state index contributed by atoms with van der Waals surface area (Å²) in [5.74, 6) is 0.360. The van der Waals surface area contributed by atoms with Crippen LogP contribution in [0.1, 0.15) is 15.9 Å². The van der Waals surface area contributed by atoms with E-state index in [1.54, 1.807) is 42.6 Å². The fraction of sp³-hybridized carbons (Fsp3) is 0.0952. The second kappa shape index (κ2) is 8.37. The van der Waals surface area contributed by atoms with Gasteiger partial charge in [0.05, 0.1) is 28.9 Å². The van der Waals surface area contributed by atoms with Crippen molar-refractivity contribution in [2.45, 2.75) is 6.54 Å². The van der Waals surface area contributed by atoms with Crippen molar-refractivity contribution in [2.75, 3.05) is 12.0 Å². The van der Waals surface area contributed by atoms with Crippen molar-refractivity contribution in [3.8, 4) is 5.75 Å². The van der Waals surface area contributed by atoms with Gasteiger partial charge < -0.3 is 4.74 Å². The quantitative estimate of drug-likeness (QED) is 0.387. The third-order valence-corrected chi connectivity index (χ3v) is 5.90. The number of carbonyl (C=O) groups excluding carboxylic acids is 1. The lowest BCUT2D eigenvalue weighted by Gasteiger charge is -2.20. The van der Waals surface area contributed by atoms with Crippen molar-refractivity contribution < 1.29 is 9.53 Å². The number of methoxy groups -OCH3 is 1. The summed E-state index contributed by atoms with van der Waals surface area (Å²) in [7, 11) is 1.60. The van der Waals surface area contributed by atoms with Gasteiger partial charge in [0.25, 0.3) is 5.91 Å². The molecule has 0 saturated heterocycles. The number of nitrogens with zero attached hydrogens (tertiary/aromatic N) is 3. The Hall–Kier alpha value is -2.67. The van der Waals surface area contributed by atoms with E-state index in [-0.39, 0.29) is 12.5 Å². The molecule has 0 aliphatic heterocycles. The standard InChI is InChI=1S/C21H15Cl2N3O2S/c1-28-17-5-2-6-18-19(17)25-21(29-18)26(12-13-4-3-9-24-11-13)20(27)15-10-14(22)7-8-16(15)23/h2-11H,12H2,1H3. The minimum atomic E-state index is -0.292. The van der Waals surface area contributed by atoms with E-state index >= 15 is 0 Å². The van der Waals surface area contributed by atoms with E-state index in [9.17, 15) is 4.79 Å². The predicted molar refractivity (Wildman–Crippen MR) is 117 cm³/mol. The van der Waals surface area contributed by atoms with Crippen LogP contribution < -0.4 is 9.64 Å². The molecule has 0 N–H and O–H groups in total. The largest absolute Gasteiger partial charge is 0.494 e. The van der Waals surface area contributed by atoms with Gasteiger partial charge in [-0.3, -0.25) is 14.7 Å². The zero-order chi connectivity index (χ0) is 20.4. The Bertz CT molecular complexity index is 1180. The van der Waals surface area contributed by atoms with Crippen LogP contribution in [0.25, 0.3) is 10.2 Å². The normalized spacial score (nSPS) is 10.9. The number of aromatic nitrogens is 2. The van der Waals surface area contributed by atoms with Crippen LogP contribution in [-0.2, 0) is 6.54 Å². The lowest BCUT2D eigenvalue weighted by atomic mass is 10.2. The molecule has 1 amide bonds. The van der Waals surface area contributed by atoms with Crippen LogP contribution in [0.3, 0.4) is 0 Å². The number of para-hydroxylation sites is 1. The number of amides is 1. The second-order valence-electron chi connectivity index (χ2n) is 6.18. The van der Waals surface area contributed by atoms with E-state index in [0.717, 1.165) is 10.3 Å². The summed E-state index contributed by atoms with van der Waals surface area (Å²) in [5, 5.41) is 1.30. The average molecular weight is 444 g/mol. The first-order valence-electron chi connectivity index (χ1n) is 8.66. The summed E-state index contributed by atoms with van der Waals surface area (Å²) in [5.41, 5.74) is 1.88. The second-order valence-corrected chi connectivity index (χ2v) is 8.03. The predicted octanol–water partition coefficient (Wildman–Crippen LogP) is 5.85. The molecule has 0 fully saturated rings. The highest BCUT2D eigenvalue weighted by atomic mass is 35.5. The molecule has 29 heavy (non-hydrogen) atoms. The number of ether oxygens (including phenoxy) is 1. The molecule has 0 aliphatic carbocycles. The zero-order valence-corrected chi connectivity index (χ0v) is 17.6. The highest BCUT2D eigenvalue weighted by molar-refractivity contribution is 7.22. The molecule has 0 aliphatic rings. The summed E-state index contributed by atoms with van der Waals surface area (Å²) >= 11 is 13.8. The maximum atomic E-state index is 13.5. The van der Waals surface area contributed by atoms with Gasteiger partial charge in [0, 0.05) is 17.4 Å². The Balaban J connectivity index is 1.82. The number of pyridine rings is 1. The molecule has 4 aromatic rings. The fourth-order valence-electron chi connectivity index (χ4n) is 2.90. The maximum Gasteiger partial charge on any atom is 0.261 e. The lowest BCUT2D eigenvalue weighted by Crippen LogP contribution is -2.30. The first-order chi connectivity index (χ1) is 14.1. The van der Waals surface area contributed by atoms with Crippen LogP contribution in [0, 0.1) is 0 Å². The van der Waals surface area contributed by atoms with Crippen molar-refractivity contribution in [1.29, 1.82) is 0 Å². The first-order valence-corrected chi connectivity index (χ1v) is 10.2. The molecule has 0 radical (unpaired) electrons. The van der Waals surface area contributed by atoms with Gasteiger partial charge >= 0.3 is 0 Å². The molecule has 2 heterocycles. The zero-order valence-electron chi connectivity index (χ0n) is 15.3. The van der Waals surface area contributed by atoms with Gasteiger partial charge in [-0.1, -0.05) is 46.7 Å². The fourth-order valence-corrected chi connectivity index (χ4v) is 4.25. The van der Waals surface area contributed by atoms with Gasteiger partial charge in [0.1, 0.15) is 11.3 Å². The van der Waals surface area contributed by atoms with E-state index < -0.39 is 0 Å². The minimum absolute atomic E-state index is 0.289. The molecule has 146 valence electrons. The van der Waals surface area contributed by atoms with Crippen molar-refractivity contribution in [3.63, 3.8) is 0 Å². The van der Waals surface area contributed by atoms with Gasteiger partial charge in [-0.05, 0) is 42.0 Å². The average Bonchev–Trinajstić information content (AvgIpc) is 3.18. The van der Waals surface area contributed by atoms with Crippen molar-refractivity contribution in [1.82, 2.24) is 9.97 Å². The summed E-state index contributed by atoms with van der Waals surface area (Å²) < 4.78 is 6.33. The molecule has 0 atom stereocenters. The third-order valence-electron chi connectivity index (χ3n) is 4.29. The summed E-state index contributed by atoms with van der Waals surface area (Å²) in [4.78, 5) is 23.9. The van der Waals surface area contributed by atoms with E-state index in [2.05, 4.69) is 9.97 Å². The molecule has 0 saturated carbocycles. The number of hydrogen-bond acceptors (Lipinski definition) is 5. The van der Waals surface area contributed by atoms with Gasteiger partial charge in [0.15, 0.2) is 5.13 Å². The number of anilines is 1. The molecule has 8 heteroatoms. The third kappa shape index (κ3) is 4.05. The van der Waals surface area contributed by atoms with Crippen LogP contribution in [0.4, 0.5) is 5.13 Å². The van der Waals surface area contributed by atoms with E-state index in [0.29, 0.717) is 32.0 Å². The summed E-state index contributed by atoms with van der Waals surface area (Å²) in [6, 6.07) is 14.2. The van der Waals surface area contributed by atoms with Crippen LogP contribution in [-0.4, -0.2) is 23.0 Å². The Kier molecular flexibility index (Phi) is 5.67. The lowest BCUT2D eigenvalue weighted by molar-refractivity contribution is 0.0985. The molecule has 2 aromatic carbocycles. The summed E-state index contributed by atoms with van der Waals surface area (Å²) in [6.07, 6.45) is 3.40. The number of hydrogen-bond donors (Lipinski definition) is 0. The Morgan fingerprint density at radius 1 is 1.17 bits per heavy atom. The number of fused-ring (bicyclic) bond motifs is 1. The topological polar surface area (TPSA) is 55.3 Å². The van der Waals surface area contributed by atoms with Crippen molar-refractivity contribution in [2.24, 2.45) is 0 Å². The molecule has 0 bridgehead atoms. The van der Waals surface area contributed by atoms with E-state index in [1.807, 2.05) is 30.3 Å². The minimum Gasteiger partial charge on any atom is -0.494 e. The Labute approximate surface area is 181 Å². The summed E-state index contributed by atoms with van der Waals surface area (Å²) in [6.45, 7) is 0.289. The molecule has 0 spiro atoms. The molecule has 4 rings (SSSR count). The van der Waals surface area contributed by atoms with Crippen LogP contribution in [0.15, 0.2) is 60.9 Å². The Morgan fingerprint density at radius 2 is 2.03 bits per heavy atom. The number of halogens is 2. The SMILES string of the molecule is COc1cccc2sc(N(Cc3cccnc3)C(=O)c3cc(Cl)ccc3Cl)nc12. The van der Waals surface area contributed by atoms with Gasteiger partial charge in [-0.25, -0.2) is 4.98 Å². The molecular weight excluding hydrogens is 429 g/mol. The van der Waals surface area contributed by atoms with Crippen LogP contribution in [0.5, 0.6) is 5.75 Å². The van der Waals surface area contributed by atoms with Crippen molar-refractivity contribution >= 4 is 55.8 Å². The van der Waals surface area contributed by atoms with E-state index in [1.165, 1.54) is 11.3 Å². The number of rotatable bonds is 5. The maximum absolute atomic E-state index is 13.5. The number of thiazole rings is 1. The highest BCUT2D eigenvalue weighted by Crippen LogP contribution is 2.36. The molecule has 2 aromatic heterocycles. The van der Waals surface area contributed by atoms with Crippen molar-refractivity contribution in [3.05, 3.63) is 82.1 Å².